The number of rotatable bonds is 1. The summed E-state index contributed by atoms with van der Waals surface area (Å²) in [5.41, 5.74) is 4.58. The number of hydrogen-bond donors (Lipinski definition) is 0. The SMILES string of the molecule is Cc1cc(C)cc(-c2ccc(C#N)c(Cl)n2)c1. The van der Waals surface area contributed by atoms with Gasteiger partial charge in [0.15, 0.2) is 0 Å². The summed E-state index contributed by atoms with van der Waals surface area (Å²) in [4.78, 5) is 4.24. The lowest BCUT2D eigenvalue weighted by Crippen LogP contribution is -1.89. The van der Waals surface area contributed by atoms with Gasteiger partial charge < -0.3 is 0 Å². The lowest BCUT2D eigenvalue weighted by atomic mass is 10.0. The van der Waals surface area contributed by atoms with Gasteiger partial charge in [0, 0.05) is 5.56 Å². The Balaban J connectivity index is 2.54. The van der Waals surface area contributed by atoms with Gasteiger partial charge in [-0.3, -0.25) is 0 Å². The Kier molecular flexibility index (Phi) is 3.12. The van der Waals surface area contributed by atoms with Crippen LogP contribution in [0, 0.1) is 25.2 Å². The van der Waals surface area contributed by atoms with Crippen LogP contribution >= 0.6 is 11.6 Å². The lowest BCUT2D eigenvalue weighted by Gasteiger charge is -2.05. The monoisotopic (exact) mass is 242 g/mol. The molecule has 0 aliphatic rings. The second-order valence-electron chi connectivity index (χ2n) is 4.02. The average molecular weight is 243 g/mol. The topological polar surface area (TPSA) is 36.7 Å². The summed E-state index contributed by atoms with van der Waals surface area (Å²) >= 11 is 5.93. The van der Waals surface area contributed by atoms with E-state index in [1.807, 2.05) is 26.0 Å². The minimum Gasteiger partial charge on any atom is -0.235 e. The molecule has 0 saturated carbocycles. The van der Waals surface area contributed by atoms with Crippen molar-refractivity contribution < 1.29 is 0 Å². The summed E-state index contributed by atoms with van der Waals surface area (Å²) in [6, 6.07) is 11.7. The first-order chi connectivity index (χ1) is 8.10. The van der Waals surface area contributed by atoms with Crippen LogP contribution in [0.2, 0.25) is 5.15 Å². The van der Waals surface area contributed by atoms with Crippen molar-refractivity contribution in [3.05, 3.63) is 52.2 Å². The van der Waals surface area contributed by atoms with Crippen molar-refractivity contribution in [2.24, 2.45) is 0 Å². The number of hydrogen-bond acceptors (Lipinski definition) is 2. The predicted octanol–water partition coefficient (Wildman–Crippen LogP) is 3.89. The molecule has 1 aromatic carbocycles. The molecule has 84 valence electrons. The van der Waals surface area contributed by atoms with Crippen LogP contribution < -0.4 is 0 Å². The molecular formula is C14H11ClN2. The van der Waals surface area contributed by atoms with E-state index in [9.17, 15) is 0 Å². The van der Waals surface area contributed by atoms with Crippen LogP contribution in [-0.2, 0) is 0 Å². The Bertz CT molecular complexity index is 592. The first-order valence-corrected chi connectivity index (χ1v) is 5.63. The fourth-order valence-corrected chi connectivity index (χ4v) is 2.00. The molecule has 0 radical (unpaired) electrons. The zero-order chi connectivity index (χ0) is 12.4. The Labute approximate surface area is 105 Å². The van der Waals surface area contributed by atoms with Gasteiger partial charge in [-0.2, -0.15) is 5.26 Å². The van der Waals surface area contributed by atoms with E-state index in [4.69, 9.17) is 16.9 Å². The molecule has 2 aromatic rings. The summed E-state index contributed by atoms with van der Waals surface area (Å²) < 4.78 is 0. The number of aryl methyl sites for hydroxylation is 2. The molecule has 0 saturated heterocycles. The molecule has 0 unspecified atom stereocenters. The zero-order valence-electron chi connectivity index (χ0n) is 9.66. The number of nitrogens with zero attached hydrogens (tertiary/aromatic N) is 2. The maximum Gasteiger partial charge on any atom is 0.147 e. The fraction of sp³-hybridized carbons (Fsp3) is 0.143. The largest absolute Gasteiger partial charge is 0.235 e. The van der Waals surface area contributed by atoms with Gasteiger partial charge in [0.05, 0.1) is 11.3 Å². The molecule has 1 heterocycles. The van der Waals surface area contributed by atoms with Crippen LogP contribution in [0.25, 0.3) is 11.3 Å². The smallest absolute Gasteiger partial charge is 0.147 e. The van der Waals surface area contributed by atoms with Crippen LogP contribution in [0.1, 0.15) is 16.7 Å². The van der Waals surface area contributed by atoms with Gasteiger partial charge in [-0.05, 0) is 38.1 Å². The molecule has 3 heteroatoms. The van der Waals surface area contributed by atoms with Gasteiger partial charge in [-0.1, -0.05) is 28.8 Å². The Morgan fingerprint density at radius 3 is 2.29 bits per heavy atom. The highest BCUT2D eigenvalue weighted by Crippen LogP contribution is 2.23. The normalized spacial score (nSPS) is 10.0. The number of aromatic nitrogens is 1. The molecule has 17 heavy (non-hydrogen) atoms. The van der Waals surface area contributed by atoms with Crippen molar-refractivity contribution in [2.45, 2.75) is 13.8 Å². The molecule has 0 N–H and O–H groups in total. The molecule has 0 aliphatic heterocycles. The highest BCUT2D eigenvalue weighted by atomic mass is 35.5. The third-order valence-corrected chi connectivity index (χ3v) is 2.77. The van der Waals surface area contributed by atoms with Crippen molar-refractivity contribution in [1.29, 1.82) is 5.26 Å². The molecule has 0 spiro atoms. The average Bonchev–Trinajstić information content (AvgIpc) is 2.27. The molecule has 0 atom stereocenters. The van der Waals surface area contributed by atoms with Crippen molar-refractivity contribution in [3.8, 4) is 17.3 Å². The Morgan fingerprint density at radius 2 is 1.76 bits per heavy atom. The molecule has 0 fully saturated rings. The van der Waals surface area contributed by atoms with Crippen LogP contribution in [0.3, 0.4) is 0 Å². The second-order valence-corrected chi connectivity index (χ2v) is 4.38. The third kappa shape index (κ3) is 2.46. The first kappa shape index (κ1) is 11.6. The molecule has 1 aromatic heterocycles. The van der Waals surface area contributed by atoms with E-state index >= 15 is 0 Å². The highest BCUT2D eigenvalue weighted by molar-refractivity contribution is 6.30. The number of pyridine rings is 1. The van der Waals surface area contributed by atoms with E-state index in [0.29, 0.717) is 5.56 Å². The third-order valence-electron chi connectivity index (χ3n) is 2.49. The Hall–Kier alpha value is -1.85. The standard InChI is InChI=1S/C14H11ClN2/c1-9-5-10(2)7-12(6-9)13-4-3-11(8-16)14(15)17-13/h3-7H,1-2H3. The Morgan fingerprint density at radius 1 is 1.12 bits per heavy atom. The van der Waals surface area contributed by atoms with E-state index < -0.39 is 0 Å². The summed E-state index contributed by atoms with van der Waals surface area (Å²) in [5.74, 6) is 0. The zero-order valence-corrected chi connectivity index (χ0v) is 10.4. The second kappa shape index (κ2) is 4.57. The van der Waals surface area contributed by atoms with Gasteiger partial charge in [-0.25, -0.2) is 4.98 Å². The molecule has 0 amide bonds. The van der Waals surface area contributed by atoms with Crippen molar-refractivity contribution >= 4 is 11.6 Å². The van der Waals surface area contributed by atoms with Crippen LogP contribution in [0.5, 0.6) is 0 Å². The molecule has 0 bridgehead atoms. The lowest BCUT2D eigenvalue weighted by molar-refractivity contribution is 1.28. The van der Waals surface area contributed by atoms with Gasteiger partial charge in [-0.15, -0.1) is 0 Å². The quantitative estimate of drug-likeness (QED) is 0.712. The first-order valence-electron chi connectivity index (χ1n) is 5.25. The maximum absolute atomic E-state index is 8.79. The minimum absolute atomic E-state index is 0.254. The van der Waals surface area contributed by atoms with E-state index in [1.54, 1.807) is 6.07 Å². The van der Waals surface area contributed by atoms with E-state index in [1.165, 1.54) is 11.1 Å². The van der Waals surface area contributed by atoms with Gasteiger partial charge in [0.2, 0.25) is 0 Å². The highest BCUT2D eigenvalue weighted by Gasteiger charge is 2.05. The summed E-state index contributed by atoms with van der Waals surface area (Å²) in [6.45, 7) is 4.09. The number of nitriles is 1. The van der Waals surface area contributed by atoms with E-state index in [2.05, 4.69) is 23.2 Å². The molecular weight excluding hydrogens is 232 g/mol. The molecule has 0 aliphatic carbocycles. The van der Waals surface area contributed by atoms with Crippen LogP contribution in [0.4, 0.5) is 0 Å². The van der Waals surface area contributed by atoms with E-state index in [0.717, 1.165) is 11.3 Å². The minimum atomic E-state index is 0.254. The van der Waals surface area contributed by atoms with Crippen molar-refractivity contribution in [2.75, 3.05) is 0 Å². The van der Waals surface area contributed by atoms with Crippen LogP contribution in [0.15, 0.2) is 30.3 Å². The van der Waals surface area contributed by atoms with E-state index in [-0.39, 0.29) is 5.15 Å². The maximum atomic E-state index is 8.79. The summed E-state index contributed by atoms with van der Waals surface area (Å²) in [5, 5.41) is 9.05. The summed E-state index contributed by atoms with van der Waals surface area (Å²) in [6.07, 6.45) is 0. The molecule has 2 rings (SSSR count). The van der Waals surface area contributed by atoms with Gasteiger partial charge in [0.25, 0.3) is 0 Å². The fourth-order valence-electron chi connectivity index (χ4n) is 1.80. The van der Waals surface area contributed by atoms with Gasteiger partial charge >= 0.3 is 0 Å². The predicted molar refractivity (Wildman–Crippen MR) is 68.9 cm³/mol. The molecule has 2 nitrogen and oxygen atoms in total. The van der Waals surface area contributed by atoms with Crippen molar-refractivity contribution in [1.82, 2.24) is 4.98 Å². The van der Waals surface area contributed by atoms with Gasteiger partial charge in [0.1, 0.15) is 11.2 Å². The summed E-state index contributed by atoms with van der Waals surface area (Å²) in [7, 11) is 0. The number of halogens is 1. The van der Waals surface area contributed by atoms with Crippen molar-refractivity contribution in [3.63, 3.8) is 0 Å². The van der Waals surface area contributed by atoms with Crippen LogP contribution in [-0.4, -0.2) is 4.98 Å². The number of benzene rings is 1.